The van der Waals surface area contributed by atoms with Crippen LogP contribution in [0.5, 0.6) is 11.5 Å². The van der Waals surface area contributed by atoms with Crippen molar-refractivity contribution in [3.8, 4) is 11.5 Å². The Bertz CT molecular complexity index is 462. The molecular weight excluding hydrogens is 216 g/mol. The van der Waals surface area contributed by atoms with Crippen LogP contribution in [-0.2, 0) is 0 Å². The van der Waals surface area contributed by atoms with E-state index in [9.17, 15) is 4.79 Å². The highest BCUT2D eigenvalue weighted by Crippen LogP contribution is 2.37. The Morgan fingerprint density at radius 1 is 1.35 bits per heavy atom. The first-order valence-electron chi connectivity index (χ1n) is 5.24. The first-order valence-corrected chi connectivity index (χ1v) is 5.24. The number of hydrogen-bond acceptors (Lipinski definition) is 4. The molecule has 0 amide bonds. The minimum atomic E-state index is -1.65. The Hall–Kier alpha value is -1.42. The summed E-state index contributed by atoms with van der Waals surface area (Å²) in [5.41, 5.74) is -1.13. The molecule has 4 nitrogen and oxygen atoms in total. The van der Waals surface area contributed by atoms with Crippen LogP contribution in [0.2, 0.25) is 0 Å². The molecule has 0 fully saturated rings. The van der Waals surface area contributed by atoms with Crippen LogP contribution >= 0.6 is 0 Å². The lowest BCUT2D eigenvalue weighted by Gasteiger charge is -2.18. The Balaban J connectivity index is 2.28. The van der Waals surface area contributed by atoms with Crippen molar-refractivity contribution in [3.63, 3.8) is 0 Å². The fourth-order valence-electron chi connectivity index (χ4n) is 1.57. The molecule has 0 aromatic heterocycles. The van der Waals surface area contributed by atoms with E-state index in [2.05, 4.69) is 5.32 Å². The maximum absolute atomic E-state index is 11.9. The van der Waals surface area contributed by atoms with Crippen LogP contribution in [-0.4, -0.2) is 40.2 Å². The van der Waals surface area contributed by atoms with Gasteiger partial charge in [0, 0.05) is 5.56 Å². The van der Waals surface area contributed by atoms with Gasteiger partial charge in [-0.25, -0.2) is 0 Å². The van der Waals surface area contributed by atoms with Gasteiger partial charge in [-0.3, -0.25) is 4.79 Å². The van der Waals surface area contributed by atoms with E-state index in [0.717, 1.165) is 0 Å². The smallest absolute Gasteiger partial charge is 0.179 e. The summed E-state index contributed by atoms with van der Waals surface area (Å²) in [5.74, 6) is 0.776. The Morgan fingerprint density at radius 3 is 2.65 bits per heavy atom. The summed E-state index contributed by atoms with van der Waals surface area (Å²) >= 11 is 0. The number of rotatable bonds is 3. The van der Waals surface area contributed by atoms with Crippen molar-refractivity contribution in [2.45, 2.75) is 18.6 Å². The number of carbonyl (C=O) groups is 1. The van der Waals surface area contributed by atoms with Crippen LogP contribution < -0.4 is 14.8 Å². The van der Waals surface area contributed by atoms with Gasteiger partial charge in [-0.1, -0.05) is 0 Å². The fraction of sp³-hybridized carbons (Fsp3) is 0.364. The lowest BCUT2D eigenvalue weighted by molar-refractivity contribution is 0.0831. The molecule has 17 heavy (non-hydrogen) atoms. The molecule has 0 bridgehead atoms. The van der Waals surface area contributed by atoms with Gasteiger partial charge in [0.15, 0.2) is 38.6 Å². The van der Waals surface area contributed by atoms with Crippen molar-refractivity contribution in [2.24, 2.45) is 0 Å². The minimum Gasteiger partial charge on any atom is -0.468 e. The number of Topliss-reactive ketones (excluding diaryl/α,β-unsaturated/α-hetero) is 1. The quantitative estimate of drug-likeness (QED) is 0.591. The Labute approximate surface area is 102 Å². The SMILES string of the molecule is [B]C1([B])Oc2ccc(C(=O)[C@@H](C)NC)cc2O1. The maximum Gasteiger partial charge on any atom is 0.179 e. The van der Waals surface area contributed by atoms with Crippen LogP contribution in [0.1, 0.15) is 17.3 Å². The number of likely N-dealkylation sites (N-methyl/N-ethyl adjacent to an activating group) is 1. The zero-order valence-corrected chi connectivity index (χ0v) is 9.69. The summed E-state index contributed by atoms with van der Waals surface area (Å²) in [7, 11) is 12.7. The van der Waals surface area contributed by atoms with Gasteiger partial charge in [-0.15, -0.1) is 0 Å². The van der Waals surface area contributed by atoms with Crippen molar-refractivity contribution >= 4 is 21.5 Å². The molecule has 1 atom stereocenters. The van der Waals surface area contributed by atoms with E-state index in [-0.39, 0.29) is 11.8 Å². The minimum absolute atomic E-state index is 0.0366. The van der Waals surface area contributed by atoms with Gasteiger partial charge in [-0.05, 0) is 32.2 Å². The van der Waals surface area contributed by atoms with Crippen LogP contribution in [0.25, 0.3) is 0 Å². The normalized spacial score (nSPS) is 17.8. The van der Waals surface area contributed by atoms with Gasteiger partial charge < -0.3 is 14.8 Å². The molecule has 1 aromatic carbocycles. The second kappa shape index (κ2) is 4.11. The fourth-order valence-corrected chi connectivity index (χ4v) is 1.57. The summed E-state index contributed by atoms with van der Waals surface area (Å²) in [6.07, 6.45) is 0. The molecule has 6 heteroatoms. The van der Waals surface area contributed by atoms with Crippen LogP contribution in [0.4, 0.5) is 0 Å². The van der Waals surface area contributed by atoms with Crippen molar-refractivity contribution in [3.05, 3.63) is 23.8 Å². The molecule has 0 unspecified atom stereocenters. The molecule has 1 aliphatic heterocycles. The monoisotopic (exact) mass is 227 g/mol. The number of fused-ring (bicyclic) bond motifs is 1. The van der Waals surface area contributed by atoms with Crippen LogP contribution in [0.15, 0.2) is 18.2 Å². The van der Waals surface area contributed by atoms with Gasteiger partial charge in [0.05, 0.1) is 6.04 Å². The van der Waals surface area contributed by atoms with E-state index in [4.69, 9.17) is 25.2 Å². The van der Waals surface area contributed by atoms with Crippen LogP contribution in [0, 0.1) is 0 Å². The van der Waals surface area contributed by atoms with Crippen molar-refractivity contribution in [1.29, 1.82) is 0 Å². The molecule has 84 valence electrons. The topological polar surface area (TPSA) is 47.6 Å². The molecule has 4 radical (unpaired) electrons. The van der Waals surface area contributed by atoms with Gasteiger partial charge in [0.25, 0.3) is 0 Å². The molecule has 0 saturated heterocycles. The first kappa shape index (κ1) is 12.0. The van der Waals surface area contributed by atoms with E-state index in [1.807, 2.05) is 0 Å². The van der Waals surface area contributed by atoms with Gasteiger partial charge in [0.1, 0.15) is 0 Å². The third kappa shape index (κ3) is 2.31. The van der Waals surface area contributed by atoms with E-state index in [0.29, 0.717) is 17.1 Å². The number of hydrogen-bond donors (Lipinski definition) is 1. The van der Waals surface area contributed by atoms with E-state index >= 15 is 0 Å². The molecule has 0 saturated carbocycles. The molecule has 1 N–H and O–H groups in total. The van der Waals surface area contributed by atoms with Gasteiger partial charge in [0.2, 0.25) is 0 Å². The average molecular weight is 227 g/mol. The molecule has 0 aliphatic carbocycles. The third-order valence-corrected chi connectivity index (χ3v) is 2.59. The van der Waals surface area contributed by atoms with Crippen LogP contribution in [0.3, 0.4) is 0 Å². The summed E-state index contributed by atoms with van der Waals surface area (Å²) in [6.45, 7) is 1.78. The van der Waals surface area contributed by atoms with Crippen molar-refractivity contribution in [2.75, 3.05) is 7.05 Å². The molecule has 2 rings (SSSR count). The highest BCUT2D eigenvalue weighted by molar-refractivity contribution is 6.38. The zero-order chi connectivity index (χ0) is 12.6. The number of ketones is 1. The van der Waals surface area contributed by atoms with E-state index in [1.165, 1.54) is 0 Å². The highest BCUT2D eigenvalue weighted by atomic mass is 16.7. The van der Waals surface area contributed by atoms with E-state index in [1.54, 1.807) is 32.2 Å². The lowest BCUT2D eigenvalue weighted by atomic mass is 9.76. The third-order valence-electron chi connectivity index (χ3n) is 2.59. The highest BCUT2D eigenvalue weighted by Gasteiger charge is 2.31. The van der Waals surface area contributed by atoms with Gasteiger partial charge >= 0.3 is 0 Å². The van der Waals surface area contributed by atoms with Crippen molar-refractivity contribution in [1.82, 2.24) is 5.32 Å². The summed E-state index contributed by atoms with van der Waals surface area (Å²) < 4.78 is 10.3. The molecule has 1 heterocycles. The number of ether oxygens (including phenoxy) is 2. The number of benzene rings is 1. The summed E-state index contributed by atoms with van der Waals surface area (Å²) in [5, 5.41) is 2.88. The Kier molecular flexibility index (Phi) is 2.91. The standard InChI is InChI=1S/C11H11B2NO3/c1-6(14-2)10(15)7-3-4-8-9(5-7)17-11(12,13)16-8/h3-6,14H,1-2H3/t6-/m1/s1. The molecule has 0 spiro atoms. The largest absolute Gasteiger partial charge is 0.468 e. The second-order valence-electron chi connectivity index (χ2n) is 3.96. The zero-order valence-electron chi connectivity index (χ0n) is 9.69. The Morgan fingerprint density at radius 2 is 2.00 bits per heavy atom. The average Bonchev–Trinajstić information content (AvgIpc) is 2.59. The summed E-state index contributed by atoms with van der Waals surface area (Å²) in [4.78, 5) is 11.9. The predicted octanol–water partition coefficient (Wildman–Crippen LogP) is 0.197. The van der Waals surface area contributed by atoms with E-state index < -0.39 is 5.59 Å². The number of carbonyl (C=O) groups excluding carboxylic acids is 1. The number of nitrogens with one attached hydrogen (secondary N) is 1. The molecule has 1 aliphatic rings. The van der Waals surface area contributed by atoms with Crippen molar-refractivity contribution < 1.29 is 14.3 Å². The predicted molar refractivity (Wildman–Crippen MR) is 64.8 cm³/mol. The maximum atomic E-state index is 11.9. The summed E-state index contributed by atoms with van der Waals surface area (Å²) in [6, 6.07) is 4.58. The van der Waals surface area contributed by atoms with Gasteiger partial charge in [-0.2, -0.15) is 0 Å². The molecule has 1 aromatic rings. The second-order valence-corrected chi connectivity index (χ2v) is 3.96. The lowest BCUT2D eigenvalue weighted by Crippen LogP contribution is -2.39. The first-order chi connectivity index (χ1) is 7.93. The molecular formula is C11H11B2NO3.